The molecule has 0 aliphatic heterocycles. The molecule has 0 saturated heterocycles. The highest BCUT2D eigenvalue weighted by Crippen LogP contribution is 2.21. The van der Waals surface area contributed by atoms with Crippen molar-refractivity contribution < 1.29 is 13.9 Å². The quantitative estimate of drug-likeness (QED) is 0.761. The maximum atomic E-state index is 13.4. The van der Waals surface area contributed by atoms with Gasteiger partial charge in [-0.25, -0.2) is 9.37 Å². The first-order chi connectivity index (χ1) is 10.2. The highest BCUT2D eigenvalue weighted by atomic mass is 32.1. The van der Waals surface area contributed by atoms with E-state index in [0.717, 1.165) is 16.3 Å². The average molecular weight is 310 g/mol. The molecule has 0 atom stereocenters. The van der Waals surface area contributed by atoms with E-state index in [0.29, 0.717) is 32.1 Å². The Labute approximate surface area is 127 Å². The van der Waals surface area contributed by atoms with Crippen molar-refractivity contribution in [3.63, 3.8) is 0 Å². The standard InChI is InChI=1S/C15H19FN2O2S/c1-11-18-14(10-21-11)9-20-15-4-3-13(16)7-12(15)8-17-5-6-19-2/h3-4,7,10,17H,5-6,8-9H2,1-2H3. The van der Waals surface area contributed by atoms with E-state index in [1.807, 2.05) is 12.3 Å². The fourth-order valence-electron chi connectivity index (χ4n) is 1.85. The van der Waals surface area contributed by atoms with Gasteiger partial charge < -0.3 is 14.8 Å². The molecule has 1 aromatic carbocycles. The number of thiazole rings is 1. The maximum Gasteiger partial charge on any atom is 0.131 e. The molecule has 0 fully saturated rings. The predicted molar refractivity (Wildman–Crippen MR) is 81.2 cm³/mol. The third-order valence-corrected chi connectivity index (χ3v) is 3.69. The molecular weight excluding hydrogens is 291 g/mol. The van der Waals surface area contributed by atoms with Crippen molar-refractivity contribution in [2.45, 2.75) is 20.1 Å². The number of benzene rings is 1. The van der Waals surface area contributed by atoms with Gasteiger partial charge in [-0.2, -0.15) is 0 Å². The van der Waals surface area contributed by atoms with Crippen LogP contribution >= 0.6 is 11.3 Å². The monoisotopic (exact) mass is 310 g/mol. The minimum absolute atomic E-state index is 0.268. The summed E-state index contributed by atoms with van der Waals surface area (Å²) >= 11 is 1.59. The number of rotatable bonds is 8. The predicted octanol–water partition coefficient (Wildman–Crippen LogP) is 2.91. The summed E-state index contributed by atoms with van der Waals surface area (Å²) in [6.07, 6.45) is 0. The molecule has 21 heavy (non-hydrogen) atoms. The molecule has 0 amide bonds. The molecule has 0 bridgehead atoms. The van der Waals surface area contributed by atoms with E-state index < -0.39 is 0 Å². The lowest BCUT2D eigenvalue weighted by atomic mass is 10.2. The molecule has 0 aliphatic carbocycles. The first kappa shape index (κ1) is 15.9. The number of halogens is 1. The Balaban J connectivity index is 1.97. The first-order valence-electron chi connectivity index (χ1n) is 6.71. The molecule has 2 rings (SSSR count). The summed E-state index contributed by atoms with van der Waals surface area (Å²) in [6.45, 7) is 4.20. The zero-order valence-corrected chi connectivity index (χ0v) is 13.0. The Morgan fingerprint density at radius 1 is 1.38 bits per heavy atom. The second-order valence-corrected chi connectivity index (χ2v) is 5.63. The number of nitrogens with zero attached hydrogens (tertiary/aromatic N) is 1. The van der Waals surface area contributed by atoms with Crippen LogP contribution in [-0.2, 0) is 17.9 Å². The maximum absolute atomic E-state index is 13.4. The second-order valence-electron chi connectivity index (χ2n) is 4.57. The lowest BCUT2D eigenvalue weighted by Gasteiger charge is -2.11. The summed E-state index contributed by atoms with van der Waals surface area (Å²) in [7, 11) is 1.65. The fourth-order valence-corrected chi connectivity index (χ4v) is 2.45. The lowest BCUT2D eigenvalue weighted by Crippen LogP contribution is -2.19. The van der Waals surface area contributed by atoms with E-state index in [-0.39, 0.29) is 5.82 Å². The third kappa shape index (κ3) is 5.08. The molecule has 6 heteroatoms. The van der Waals surface area contributed by atoms with Crippen molar-refractivity contribution in [2.75, 3.05) is 20.3 Å². The number of methoxy groups -OCH3 is 1. The highest BCUT2D eigenvalue weighted by molar-refractivity contribution is 7.09. The largest absolute Gasteiger partial charge is 0.487 e. The van der Waals surface area contributed by atoms with Crippen LogP contribution in [0, 0.1) is 12.7 Å². The first-order valence-corrected chi connectivity index (χ1v) is 7.59. The van der Waals surface area contributed by atoms with E-state index in [9.17, 15) is 4.39 Å². The summed E-state index contributed by atoms with van der Waals surface area (Å²) < 4.78 is 24.1. The molecule has 0 saturated carbocycles. The van der Waals surface area contributed by atoms with Crippen molar-refractivity contribution in [1.82, 2.24) is 10.3 Å². The van der Waals surface area contributed by atoms with Crippen LogP contribution in [0.5, 0.6) is 5.75 Å². The van der Waals surface area contributed by atoms with Crippen LogP contribution in [-0.4, -0.2) is 25.2 Å². The summed E-state index contributed by atoms with van der Waals surface area (Å²) in [4.78, 5) is 4.35. The smallest absolute Gasteiger partial charge is 0.131 e. The van der Waals surface area contributed by atoms with Gasteiger partial charge in [-0.15, -0.1) is 11.3 Å². The number of aryl methyl sites for hydroxylation is 1. The third-order valence-electron chi connectivity index (χ3n) is 2.86. The SMILES string of the molecule is COCCNCc1cc(F)ccc1OCc1csc(C)n1. The Morgan fingerprint density at radius 2 is 2.24 bits per heavy atom. The van der Waals surface area contributed by atoms with Gasteiger partial charge in [0.15, 0.2) is 0 Å². The van der Waals surface area contributed by atoms with Crippen LogP contribution in [0.2, 0.25) is 0 Å². The van der Waals surface area contributed by atoms with Crippen LogP contribution in [0.1, 0.15) is 16.3 Å². The highest BCUT2D eigenvalue weighted by Gasteiger charge is 2.07. The van der Waals surface area contributed by atoms with E-state index in [4.69, 9.17) is 9.47 Å². The Kier molecular flexibility index (Phi) is 6.10. The van der Waals surface area contributed by atoms with Gasteiger partial charge in [0.1, 0.15) is 18.2 Å². The molecule has 2 aromatic rings. The van der Waals surface area contributed by atoms with E-state index in [2.05, 4.69) is 10.3 Å². The molecule has 1 aromatic heterocycles. The van der Waals surface area contributed by atoms with Crippen molar-refractivity contribution in [3.8, 4) is 5.75 Å². The molecule has 1 N–H and O–H groups in total. The van der Waals surface area contributed by atoms with Crippen molar-refractivity contribution in [2.24, 2.45) is 0 Å². The van der Waals surface area contributed by atoms with Crippen LogP contribution in [0.25, 0.3) is 0 Å². The minimum Gasteiger partial charge on any atom is -0.487 e. The van der Waals surface area contributed by atoms with Gasteiger partial charge in [0.05, 0.1) is 17.3 Å². The number of hydrogen-bond acceptors (Lipinski definition) is 5. The molecule has 0 unspecified atom stereocenters. The Hall–Kier alpha value is -1.50. The van der Waals surface area contributed by atoms with Crippen molar-refractivity contribution >= 4 is 11.3 Å². The molecule has 4 nitrogen and oxygen atoms in total. The van der Waals surface area contributed by atoms with Gasteiger partial charge in [-0.3, -0.25) is 0 Å². The molecule has 1 heterocycles. The van der Waals surface area contributed by atoms with Gasteiger partial charge in [-0.05, 0) is 25.1 Å². The lowest BCUT2D eigenvalue weighted by molar-refractivity contribution is 0.199. The number of nitrogens with one attached hydrogen (secondary N) is 1. The van der Waals surface area contributed by atoms with Gasteiger partial charge >= 0.3 is 0 Å². The van der Waals surface area contributed by atoms with Crippen LogP contribution in [0.3, 0.4) is 0 Å². The molecule has 0 aliphatic rings. The Bertz CT molecular complexity index is 575. The summed E-state index contributed by atoms with van der Waals surface area (Å²) in [5.41, 5.74) is 1.68. The van der Waals surface area contributed by atoms with E-state index >= 15 is 0 Å². The summed E-state index contributed by atoms with van der Waals surface area (Å²) in [5, 5.41) is 6.16. The fraction of sp³-hybridized carbons (Fsp3) is 0.400. The zero-order chi connectivity index (χ0) is 15.1. The summed E-state index contributed by atoms with van der Waals surface area (Å²) in [6, 6.07) is 4.55. The number of hydrogen-bond donors (Lipinski definition) is 1. The topological polar surface area (TPSA) is 43.4 Å². The normalized spacial score (nSPS) is 10.8. The van der Waals surface area contributed by atoms with Crippen molar-refractivity contribution in [3.05, 3.63) is 45.7 Å². The molecular formula is C15H19FN2O2S. The molecule has 0 spiro atoms. The average Bonchev–Trinajstić information content (AvgIpc) is 2.88. The number of ether oxygens (including phenoxy) is 2. The summed E-state index contributed by atoms with van der Waals surface area (Å²) in [5.74, 6) is 0.405. The number of aromatic nitrogens is 1. The van der Waals surface area contributed by atoms with Crippen LogP contribution < -0.4 is 10.1 Å². The van der Waals surface area contributed by atoms with Crippen LogP contribution in [0.4, 0.5) is 4.39 Å². The second kappa shape index (κ2) is 8.07. The van der Waals surface area contributed by atoms with Gasteiger partial charge in [0.25, 0.3) is 0 Å². The molecule has 0 radical (unpaired) electrons. The van der Waals surface area contributed by atoms with Crippen molar-refractivity contribution in [1.29, 1.82) is 0 Å². The zero-order valence-electron chi connectivity index (χ0n) is 12.2. The van der Waals surface area contributed by atoms with Gasteiger partial charge in [0.2, 0.25) is 0 Å². The van der Waals surface area contributed by atoms with Gasteiger partial charge in [0, 0.05) is 31.1 Å². The van der Waals surface area contributed by atoms with E-state index in [1.165, 1.54) is 12.1 Å². The van der Waals surface area contributed by atoms with Gasteiger partial charge in [-0.1, -0.05) is 0 Å². The Morgan fingerprint density at radius 3 is 2.95 bits per heavy atom. The van der Waals surface area contributed by atoms with Crippen LogP contribution in [0.15, 0.2) is 23.6 Å². The van der Waals surface area contributed by atoms with E-state index in [1.54, 1.807) is 24.5 Å². The minimum atomic E-state index is -0.268. The molecule has 114 valence electrons.